The van der Waals surface area contributed by atoms with Gasteiger partial charge >= 0.3 is 0 Å². The average Bonchev–Trinajstić information content (AvgIpc) is 2.70. The third-order valence-corrected chi connectivity index (χ3v) is 5.00. The van der Waals surface area contributed by atoms with Crippen molar-refractivity contribution >= 4 is 39.2 Å². The Bertz CT molecular complexity index is 1240. The maximum Gasteiger partial charge on any atom is 0.261 e. The van der Waals surface area contributed by atoms with E-state index in [1.165, 1.54) is 10.9 Å². The molecule has 0 radical (unpaired) electrons. The summed E-state index contributed by atoms with van der Waals surface area (Å²) in [5, 5.41) is 6.03. The van der Waals surface area contributed by atoms with Crippen molar-refractivity contribution in [3.63, 3.8) is 0 Å². The van der Waals surface area contributed by atoms with Crippen molar-refractivity contribution in [2.75, 3.05) is 0 Å². The third kappa shape index (κ3) is 3.49. The zero-order chi connectivity index (χ0) is 19.7. The zero-order valence-electron chi connectivity index (χ0n) is 15.2. The van der Waals surface area contributed by atoms with Crippen molar-refractivity contribution in [2.24, 2.45) is 0 Å². The number of rotatable bonds is 4. The summed E-state index contributed by atoms with van der Waals surface area (Å²) < 4.78 is 1.30. The summed E-state index contributed by atoms with van der Waals surface area (Å²) in [7, 11) is 0. The molecule has 0 aliphatic rings. The summed E-state index contributed by atoms with van der Waals surface area (Å²) in [5.74, 6) is -0.259. The highest BCUT2D eigenvalue weighted by atomic mass is 35.5. The lowest BCUT2D eigenvalue weighted by Crippen LogP contribution is -2.34. The zero-order valence-corrected chi connectivity index (χ0v) is 16.0. The van der Waals surface area contributed by atoms with E-state index >= 15 is 0 Å². The van der Waals surface area contributed by atoms with Crippen LogP contribution in [0, 0.1) is 0 Å². The Morgan fingerprint density at radius 1 is 1.11 bits per heavy atom. The predicted octanol–water partition coefficient (Wildman–Crippen LogP) is 4.08. The molecule has 0 bridgehead atoms. The molecule has 1 atom stereocenters. The van der Waals surface area contributed by atoms with Crippen LogP contribution in [0.5, 0.6) is 0 Å². The first-order valence-electron chi connectivity index (χ1n) is 8.94. The summed E-state index contributed by atoms with van der Waals surface area (Å²) in [5.41, 5.74) is 1.29. The summed E-state index contributed by atoms with van der Waals surface area (Å²) in [6.07, 6.45) is 1.39. The molecule has 4 aromatic rings. The van der Waals surface area contributed by atoms with E-state index in [-0.39, 0.29) is 24.1 Å². The summed E-state index contributed by atoms with van der Waals surface area (Å²) >= 11 is 5.98. The van der Waals surface area contributed by atoms with Gasteiger partial charge in [0.2, 0.25) is 5.91 Å². The second-order valence-corrected chi connectivity index (χ2v) is 7.13. The van der Waals surface area contributed by atoms with E-state index in [1.54, 1.807) is 18.2 Å². The van der Waals surface area contributed by atoms with Crippen LogP contribution in [0.15, 0.2) is 71.8 Å². The number of halogens is 1. The van der Waals surface area contributed by atoms with Crippen LogP contribution in [-0.2, 0) is 11.3 Å². The van der Waals surface area contributed by atoms with E-state index in [9.17, 15) is 9.59 Å². The van der Waals surface area contributed by atoms with Crippen LogP contribution in [0.25, 0.3) is 21.7 Å². The van der Waals surface area contributed by atoms with Gasteiger partial charge in [-0.2, -0.15) is 0 Å². The highest BCUT2D eigenvalue weighted by molar-refractivity contribution is 6.31. The number of aromatic nitrogens is 2. The number of benzene rings is 3. The van der Waals surface area contributed by atoms with Crippen molar-refractivity contribution in [1.29, 1.82) is 0 Å². The number of fused-ring (bicyclic) bond motifs is 2. The molecule has 0 aliphatic heterocycles. The smallest absolute Gasteiger partial charge is 0.261 e. The second-order valence-electron chi connectivity index (χ2n) is 6.70. The molecule has 1 unspecified atom stereocenters. The van der Waals surface area contributed by atoms with Gasteiger partial charge in [-0.3, -0.25) is 14.2 Å². The molecule has 1 amide bonds. The van der Waals surface area contributed by atoms with Crippen molar-refractivity contribution in [1.82, 2.24) is 14.9 Å². The molecule has 1 heterocycles. The third-order valence-electron chi connectivity index (χ3n) is 4.77. The molecule has 0 spiro atoms. The molecule has 1 N–H and O–H groups in total. The van der Waals surface area contributed by atoms with Crippen molar-refractivity contribution < 1.29 is 4.79 Å². The normalized spacial score (nSPS) is 12.2. The largest absolute Gasteiger partial charge is 0.348 e. The Labute approximate surface area is 166 Å². The summed E-state index contributed by atoms with van der Waals surface area (Å²) in [6, 6.07) is 18.8. The van der Waals surface area contributed by atoms with Gasteiger partial charge in [0.05, 0.1) is 23.3 Å². The maximum absolute atomic E-state index is 12.6. The van der Waals surface area contributed by atoms with Crippen LogP contribution in [0.1, 0.15) is 18.5 Å². The lowest BCUT2D eigenvalue weighted by molar-refractivity contribution is -0.122. The predicted molar refractivity (Wildman–Crippen MR) is 112 cm³/mol. The number of amides is 1. The van der Waals surface area contributed by atoms with Crippen LogP contribution in [0.2, 0.25) is 5.02 Å². The van der Waals surface area contributed by atoms with E-state index in [1.807, 2.05) is 49.4 Å². The van der Waals surface area contributed by atoms with Crippen molar-refractivity contribution in [3.8, 4) is 0 Å². The lowest BCUT2D eigenvalue weighted by atomic mass is 10.00. The highest BCUT2D eigenvalue weighted by Crippen LogP contribution is 2.24. The van der Waals surface area contributed by atoms with Crippen molar-refractivity contribution in [3.05, 3.63) is 87.9 Å². The molecular weight excluding hydrogens is 374 g/mol. The van der Waals surface area contributed by atoms with E-state index in [0.29, 0.717) is 15.9 Å². The Kier molecular flexibility index (Phi) is 4.84. The van der Waals surface area contributed by atoms with Gasteiger partial charge in [-0.05, 0) is 41.5 Å². The van der Waals surface area contributed by atoms with E-state index in [2.05, 4.69) is 10.3 Å². The Balaban J connectivity index is 1.57. The molecule has 0 fully saturated rings. The fourth-order valence-electron chi connectivity index (χ4n) is 3.39. The minimum atomic E-state index is -0.291. The minimum Gasteiger partial charge on any atom is -0.348 e. The van der Waals surface area contributed by atoms with Gasteiger partial charge in [-0.1, -0.05) is 54.1 Å². The minimum absolute atomic E-state index is 0.108. The Hall–Kier alpha value is -3.18. The van der Waals surface area contributed by atoms with E-state index < -0.39 is 0 Å². The molecule has 5 nitrogen and oxygen atoms in total. The molecule has 28 heavy (non-hydrogen) atoms. The molecule has 3 aromatic carbocycles. The first-order chi connectivity index (χ1) is 13.5. The first kappa shape index (κ1) is 18.2. The molecule has 0 saturated heterocycles. The summed E-state index contributed by atoms with van der Waals surface area (Å²) in [6.45, 7) is 1.82. The standard InChI is InChI=1S/C22H18ClN3O2/c1-14(17-8-4-6-15-5-2-3-7-18(15)17)25-21(27)12-26-13-24-20-10-9-16(23)11-19(20)22(26)28/h2-11,13-14H,12H2,1H3,(H,25,27). The van der Waals surface area contributed by atoms with Crippen LogP contribution in [0.3, 0.4) is 0 Å². The molecule has 0 saturated carbocycles. The van der Waals surface area contributed by atoms with Crippen LogP contribution in [0.4, 0.5) is 0 Å². The van der Waals surface area contributed by atoms with E-state index in [4.69, 9.17) is 11.6 Å². The van der Waals surface area contributed by atoms with Crippen LogP contribution >= 0.6 is 11.6 Å². The number of hydrogen-bond acceptors (Lipinski definition) is 3. The van der Waals surface area contributed by atoms with Crippen LogP contribution in [-0.4, -0.2) is 15.5 Å². The topological polar surface area (TPSA) is 64.0 Å². The highest BCUT2D eigenvalue weighted by Gasteiger charge is 2.14. The van der Waals surface area contributed by atoms with Gasteiger partial charge in [0.15, 0.2) is 0 Å². The quantitative estimate of drug-likeness (QED) is 0.570. The molecular formula is C22H18ClN3O2. The van der Waals surface area contributed by atoms with Crippen molar-refractivity contribution in [2.45, 2.75) is 19.5 Å². The number of hydrogen-bond donors (Lipinski definition) is 1. The fourth-order valence-corrected chi connectivity index (χ4v) is 3.56. The molecule has 4 rings (SSSR count). The molecule has 140 valence electrons. The molecule has 6 heteroatoms. The average molecular weight is 392 g/mol. The van der Waals surface area contributed by atoms with Gasteiger partial charge in [0, 0.05) is 5.02 Å². The maximum atomic E-state index is 12.6. The number of carbonyl (C=O) groups is 1. The molecule has 0 aliphatic carbocycles. The monoisotopic (exact) mass is 391 g/mol. The summed E-state index contributed by atoms with van der Waals surface area (Å²) in [4.78, 5) is 29.4. The Morgan fingerprint density at radius 2 is 1.89 bits per heavy atom. The number of nitrogens with zero attached hydrogens (tertiary/aromatic N) is 2. The first-order valence-corrected chi connectivity index (χ1v) is 9.32. The van der Waals surface area contributed by atoms with Gasteiger partial charge in [0.25, 0.3) is 5.56 Å². The number of nitrogens with one attached hydrogen (secondary N) is 1. The second kappa shape index (κ2) is 7.44. The molecule has 1 aromatic heterocycles. The van der Waals surface area contributed by atoms with Gasteiger partial charge in [-0.15, -0.1) is 0 Å². The number of carbonyl (C=O) groups excluding carboxylic acids is 1. The SMILES string of the molecule is CC(NC(=O)Cn1cnc2ccc(Cl)cc2c1=O)c1cccc2ccccc12. The van der Waals surface area contributed by atoms with Gasteiger partial charge < -0.3 is 5.32 Å². The fraction of sp³-hybridized carbons (Fsp3) is 0.136. The van der Waals surface area contributed by atoms with Gasteiger partial charge in [-0.25, -0.2) is 4.98 Å². The van der Waals surface area contributed by atoms with Gasteiger partial charge in [0.1, 0.15) is 6.54 Å². The van der Waals surface area contributed by atoms with Crippen LogP contribution < -0.4 is 10.9 Å². The Morgan fingerprint density at radius 3 is 2.75 bits per heavy atom. The lowest BCUT2D eigenvalue weighted by Gasteiger charge is -2.17. The van der Waals surface area contributed by atoms with E-state index in [0.717, 1.165) is 16.3 Å².